The van der Waals surface area contributed by atoms with Gasteiger partial charge in [0.1, 0.15) is 17.2 Å². The molecule has 2 heterocycles. The van der Waals surface area contributed by atoms with Gasteiger partial charge >= 0.3 is 0 Å². The largest absolute Gasteiger partial charge is 0.455 e. The summed E-state index contributed by atoms with van der Waals surface area (Å²) in [5, 5.41) is 3.94. The summed E-state index contributed by atoms with van der Waals surface area (Å²) in [7, 11) is 0. The SMILES string of the molecule is CC1OCCNc2cc3oc(-c4ccc(F)cc4)c(C(=O)NN)c3cc21. The maximum Gasteiger partial charge on any atom is 0.269 e. The Kier molecular flexibility index (Phi) is 4.10. The number of carbonyl (C=O) groups excluding carboxylic acids is 1. The van der Waals surface area contributed by atoms with E-state index >= 15 is 0 Å². The van der Waals surface area contributed by atoms with E-state index in [2.05, 4.69) is 10.7 Å². The molecule has 1 aromatic heterocycles. The average Bonchev–Trinajstić information content (AvgIpc) is 2.92. The number of ether oxygens (including phenoxy) is 1. The van der Waals surface area contributed by atoms with Gasteiger partial charge < -0.3 is 14.5 Å². The highest BCUT2D eigenvalue weighted by atomic mass is 19.1. The minimum absolute atomic E-state index is 0.123. The van der Waals surface area contributed by atoms with Crippen LogP contribution in [0.25, 0.3) is 22.3 Å². The maximum absolute atomic E-state index is 13.3. The number of hydrogen-bond donors (Lipinski definition) is 3. The molecule has 3 aromatic rings. The van der Waals surface area contributed by atoms with E-state index in [4.69, 9.17) is 15.0 Å². The van der Waals surface area contributed by atoms with Crippen LogP contribution < -0.4 is 16.6 Å². The second-order valence-corrected chi connectivity index (χ2v) is 6.16. The first-order valence-corrected chi connectivity index (χ1v) is 8.31. The van der Waals surface area contributed by atoms with E-state index in [1.807, 2.05) is 19.1 Å². The molecule has 6 nitrogen and oxygen atoms in total. The molecule has 1 aliphatic heterocycles. The van der Waals surface area contributed by atoms with Crippen molar-refractivity contribution in [2.75, 3.05) is 18.5 Å². The zero-order chi connectivity index (χ0) is 18.3. The standard InChI is InChI=1S/C19H18FN3O3/c1-10-13-8-14-16(9-15(13)22-6-7-25-10)26-18(17(14)19(24)23-21)11-2-4-12(20)5-3-11/h2-5,8-10,22H,6-7,21H2,1H3,(H,23,24). The first-order chi connectivity index (χ1) is 12.6. The van der Waals surface area contributed by atoms with Crippen LogP contribution in [0.4, 0.5) is 10.1 Å². The number of nitrogen functional groups attached to an aromatic ring is 1. The van der Waals surface area contributed by atoms with Gasteiger partial charge in [0, 0.05) is 34.8 Å². The Morgan fingerprint density at radius 3 is 2.81 bits per heavy atom. The van der Waals surface area contributed by atoms with Crippen LogP contribution in [0.2, 0.25) is 0 Å². The van der Waals surface area contributed by atoms with Crippen molar-refractivity contribution in [1.82, 2.24) is 5.43 Å². The average molecular weight is 355 g/mol. The summed E-state index contributed by atoms with van der Waals surface area (Å²) in [6, 6.07) is 9.51. The number of furan rings is 1. The van der Waals surface area contributed by atoms with Crippen molar-refractivity contribution in [2.45, 2.75) is 13.0 Å². The Morgan fingerprint density at radius 2 is 2.08 bits per heavy atom. The Labute approximate surface area is 149 Å². The summed E-state index contributed by atoms with van der Waals surface area (Å²) < 4.78 is 25.0. The van der Waals surface area contributed by atoms with Gasteiger partial charge in [0.2, 0.25) is 0 Å². The van der Waals surface area contributed by atoms with Gasteiger partial charge in [-0.3, -0.25) is 10.2 Å². The third-order valence-corrected chi connectivity index (χ3v) is 4.55. The molecule has 1 unspecified atom stereocenters. The van der Waals surface area contributed by atoms with Gasteiger partial charge in [0.05, 0.1) is 18.3 Å². The predicted molar refractivity (Wildman–Crippen MR) is 96.1 cm³/mol. The van der Waals surface area contributed by atoms with Crippen LogP contribution >= 0.6 is 0 Å². The molecule has 1 aliphatic rings. The third-order valence-electron chi connectivity index (χ3n) is 4.55. The van der Waals surface area contributed by atoms with Crippen LogP contribution in [0.15, 0.2) is 40.8 Å². The van der Waals surface area contributed by atoms with Crippen LogP contribution in [0.1, 0.15) is 28.9 Å². The molecule has 4 rings (SSSR count). The molecule has 1 amide bonds. The molecule has 26 heavy (non-hydrogen) atoms. The summed E-state index contributed by atoms with van der Waals surface area (Å²) >= 11 is 0. The molecule has 0 radical (unpaired) electrons. The van der Waals surface area contributed by atoms with Gasteiger partial charge in [-0.1, -0.05) is 0 Å². The van der Waals surface area contributed by atoms with E-state index in [1.165, 1.54) is 12.1 Å². The molecule has 0 spiro atoms. The van der Waals surface area contributed by atoms with Crippen LogP contribution in [0.5, 0.6) is 0 Å². The molecule has 0 saturated heterocycles. The Morgan fingerprint density at radius 1 is 1.31 bits per heavy atom. The van der Waals surface area contributed by atoms with Crippen LogP contribution in [0.3, 0.4) is 0 Å². The summed E-state index contributed by atoms with van der Waals surface area (Å²) in [5.74, 6) is 4.88. The summed E-state index contributed by atoms with van der Waals surface area (Å²) in [5.41, 5.74) is 5.46. The first-order valence-electron chi connectivity index (χ1n) is 8.31. The lowest BCUT2D eigenvalue weighted by atomic mass is 10.0. The minimum Gasteiger partial charge on any atom is -0.455 e. The molecule has 2 aromatic carbocycles. The zero-order valence-electron chi connectivity index (χ0n) is 14.1. The van der Waals surface area contributed by atoms with E-state index in [1.54, 1.807) is 12.1 Å². The normalized spacial score (nSPS) is 16.7. The molecule has 7 heteroatoms. The van der Waals surface area contributed by atoms with E-state index < -0.39 is 5.91 Å². The fraction of sp³-hybridized carbons (Fsp3) is 0.211. The van der Waals surface area contributed by atoms with Gasteiger partial charge in [-0.2, -0.15) is 0 Å². The number of nitrogens with two attached hydrogens (primary N) is 1. The predicted octanol–water partition coefficient (Wildman–Crippen LogP) is 3.35. The van der Waals surface area contributed by atoms with Gasteiger partial charge in [0.15, 0.2) is 0 Å². The van der Waals surface area contributed by atoms with Crippen molar-refractivity contribution in [3.8, 4) is 11.3 Å². The molecule has 0 aliphatic carbocycles. The number of benzene rings is 2. The number of fused-ring (bicyclic) bond motifs is 2. The third kappa shape index (κ3) is 2.71. The number of amides is 1. The number of hydrogen-bond acceptors (Lipinski definition) is 5. The fourth-order valence-electron chi connectivity index (χ4n) is 3.26. The molecular formula is C19H18FN3O3. The van der Waals surface area contributed by atoms with Crippen LogP contribution in [0, 0.1) is 5.82 Å². The number of hydrazine groups is 1. The van der Waals surface area contributed by atoms with E-state index in [-0.39, 0.29) is 11.9 Å². The molecule has 0 saturated carbocycles. The molecule has 0 bridgehead atoms. The number of anilines is 1. The molecule has 1 atom stereocenters. The highest BCUT2D eigenvalue weighted by molar-refractivity contribution is 6.11. The smallest absolute Gasteiger partial charge is 0.269 e. The Balaban J connectivity index is 1.98. The van der Waals surface area contributed by atoms with Gasteiger partial charge in [-0.25, -0.2) is 10.2 Å². The van der Waals surface area contributed by atoms with Crippen molar-refractivity contribution >= 4 is 22.6 Å². The minimum atomic E-state index is -0.474. The second kappa shape index (κ2) is 6.44. The Bertz CT molecular complexity index is 982. The van der Waals surface area contributed by atoms with Crippen molar-refractivity contribution in [3.63, 3.8) is 0 Å². The van der Waals surface area contributed by atoms with Crippen molar-refractivity contribution in [1.29, 1.82) is 0 Å². The first kappa shape index (κ1) is 16.6. The van der Waals surface area contributed by atoms with Gasteiger partial charge in [0.25, 0.3) is 5.91 Å². The van der Waals surface area contributed by atoms with E-state index in [0.29, 0.717) is 41.0 Å². The Hall–Kier alpha value is -2.90. The van der Waals surface area contributed by atoms with Crippen molar-refractivity contribution < 1.29 is 18.3 Å². The van der Waals surface area contributed by atoms with Crippen LogP contribution in [-0.2, 0) is 4.74 Å². The summed E-state index contributed by atoms with van der Waals surface area (Å²) in [6.45, 7) is 3.24. The van der Waals surface area contributed by atoms with E-state index in [9.17, 15) is 9.18 Å². The topological polar surface area (TPSA) is 89.5 Å². The van der Waals surface area contributed by atoms with Gasteiger partial charge in [-0.15, -0.1) is 0 Å². The van der Waals surface area contributed by atoms with Gasteiger partial charge in [-0.05, 0) is 37.3 Å². The summed E-state index contributed by atoms with van der Waals surface area (Å²) in [6.07, 6.45) is -0.123. The zero-order valence-corrected chi connectivity index (χ0v) is 14.1. The number of halogens is 1. The highest BCUT2D eigenvalue weighted by Crippen LogP contribution is 2.39. The monoisotopic (exact) mass is 355 g/mol. The molecule has 0 fully saturated rings. The quantitative estimate of drug-likeness (QED) is 0.373. The van der Waals surface area contributed by atoms with Crippen molar-refractivity contribution in [2.24, 2.45) is 5.84 Å². The lowest BCUT2D eigenvalue weighted by Gasteiger charge is -2.12. The number of nitrogens with one attached hydrogen (secondary N) is 2. The van der Waals surface area contributed by atoms with E-state index in [0.717, 1.165) is 11.3 Å². The summed E-state index contributed by atoms with van der Waals surface area (Å²) in [4.78, 5) is 12.5. The van der Waals surface area contributed by atoms with Crippen molar-refractivity contribution in [3.05, 3.63) is 53.3 Å². The lowest BCUT2D eigenvalue weighted by molar-refractivity contribution is 0.0777. The van der Waals surface area contributed by atoms with Crippen LogP contribution in [-0.4, -0.2) is 19.1 Å². The lowest BCUT2D eigenvalue weighted by Crippen LogP contribution is -2.30. The highest BCUT2D eigenvalue weighted by Gasteiger charge is 2.25. The fourth-order valence-corrected chi connectivity index (χ4v) is 3.26. The maximum atomic E-state index is 13.3. The second-order valence-electron chi connectivity index (χ2n) is 6.16. The molecular weight excluding hydrogens is 337 g/mol. The number of rotatable bonds is 2. The number of carbonyl (C=O) groups is 1. The molecule has 4 N–H and O–H groups in total. The molecule has 134 valence electrons.